The second kappa shape index (κ2) is 11.3. The summed E-state index contributed by atoms with van der Waals surface area (Å²) in [6.07, 6.45) is 8.39. The van der Waals surface area contributed by atoms with Crippen molar-refractivity contribution in [1.29, 1.82) is 0 Å². The lowest BCUT2D eigenvalue weighted by Gasteiger charge is -2.37. The third-order valence-corrected chi connectivity index (χ3v) is 9.13. The van der Waals surface area contributed by atoms with Crippen LogP contribution in [0.3, 0.4) is 0 Å². The van der Waals surface area contributed by atoms with E-state index >= 15 is 0 Å². The molecule has 1 heterocycles. The zero-order valence-electron chi connectivity index (χ0n) is 21.6. The number of nitrogens with one attached hydrogen (secondary N) is 1. The van der Waals surface area contributed by atoms with Crippen molar-refractivity contribution in [2.75, 3.05) is 26.7 Å². The average Bonchev–Trinajstić information content (AvgIpc) is 3.00. The Kier molecular flexibility index (Phi) is 8.88. The van der Waals surface area contributed by atoms with E-state index in [1.54, 1.807) is 19.2 Å². The van der Waals surface area contributed by atoms with Gasteiger partial charge < -0.3 is 9.64 Å². The highest BCUT2D eigenvalue weighted by molar-refractivity contribution is 7.89. The van der Waals surface area contributed by atoms with Gasteiger partial charge in [0.25, 0.3) is 10.0 Å². The lowest BCUT2D eigenvalue weighted by atomic mass is 9.56. The largest absolute Gasteiger partial charge is 0.381 e. The third kappa shape index (κ3) is 6.44. The van der Waals surface area contributed by atoms with Crippen LogP contribution in [-0.2, 0) is 20.1 Å². The molecule has 1 aliphatic heterocycles. The van der Waals surface area contributed by atoms with Gasteiger partial charge in [-0.1, -0.05) is 31.2 Å². The van der Waals surface area contributed by atoms with E-state index in [1.165, 1.54) is 16.7 Å². The van der Waals surface area contributed by atoms with Crippen LogP contribution in [-0.4, -0.2) is 54.0 Å². The number of hydrogen-bond donors (Lipinski definition) is 1. The van der Waals surface area contributed by atoms with E-state index in [0.29, 0.717) is 17.4 Å². The molecule has 1 aromatic carbocycles. The number of sulfonamides is 1. The molecule has 1 saturated carbocycles. The maximum atomic E-state index is 13.3. The van der Waals surface area contributed by atoms with Crippen LogP contribution in [0.15, 0.2) is 64.2 Å². The molecule has 1 fully saturated rings. The molecule has 0 unspecified atom stereocenters. The number of nitrogens with zero attached hydrogens (tertiary/aromatic N) is 1. The standard InChI is InChI=1S/C27H41BN2O3S/c1-6-30-17-13-21(4)22(14-18-30)19-26(20(2)3)29-34(31,32)25-9-7-23(8-10-25)27(28)15-11-24(33-5)12-16-27/h7-10,19,24,29H,2,6,11-18,28H2,1,3-5H3/b26-19+. The first kappa shape index (κ1) is 26.8. The van der Waals surface area contributed by atoms with Crippen molar-refractivity contribution in [3.63, 3.8) is 0 Å². The van der Waals surface area contributed by atoms with Gasteiger partial charge in [0.2, 0.25) is 0 Å². The predicted molar refractivity (Wildman–Crippen MR) is 143 cm³/mol. The predicted octanol–water partition coefficient (Wildman–Crippen LogP) is 4.27. The minimum Gasteiger partial charge on any atom is -0.381 e. The van der Waals surface area contributed by atoms with Gasteiger partial charge in [0.05, 0.1) is 16.7 Å². The lowest BCUT2D eigenvalue weighted by Crippen LogP contribution is -2.34. The number of ether oxygens (including phenoxy) is 1. The molecule has 0 radical (unpaired) electrons. The molecule has 1 aliphatic carbocycles. The third-order valence-electron chi connectivity index (χ3n) is 7.75. The molecule has 0 amide bonds. The Labute approximate surface area is 207 Å². The summed E-state index contributed by atoms with van der Waals surface area (Å²) >= 11 is 0. The van der Waals surface area contributed by atoms with Crippen molar-refractivity contribution < 1.29 is 13.2 Å². The van der Waals surface area contributed by atoms with Gasteiger partial charge in [0, 0.05) is 20.2 Å². The maximum absolute atomic E-state index is 13.3. The lowest BCUT2D eigenvalue weighted by molar-refractivity contribution is 0.0608. The fraction of sp³-hybridized carbons (Fsp3) is 0.556. The Balaban J connectivity index is 1.78. The minimum atomic E-state index is -3.71. The fourth-order valence-corrected chi connectivity index (χ4v) is 6.14. The summed E-state index contributed by atoms with van der Waals surface area (Å²) in [5, 5.41) is 0.0589. The molecule has 5 nitrogen and oxygen atoms in total. The molecule has 1 aromatic rings. The number of methoxy groups -OCH3 is 1. The quantitative estimate of drug-likeness (QED) is 0.442. The van der Waals surface area contributed by atoms with Crippen LogP contribution in [0, 0.1) is 0 Å². The Morgan fingerprint density at radius 3 is 2.41 bits per heavy atom. The molecule has 2 aliphatic rings. The molecular formula is C27H41BN2O3S. The van der Waals surface area contributed by atoms with Crippen molar-refractivity contribution in [3.8, 4) is 0 Å². The summed E-state index contributed by atoms with van der Waals surface area (Å²) < 4.78 is 34.8. The van der Waals surface area contributed by atoms with Gasteiger partial charge in [-0.3, -0.25) is 4.72 Å². The van der Waals surface area contributed by atoms with Gasteiger partial charge in [-0.05, 0) is 99.1 Å². The number of hydrogen-bond acceptors (Lipinski definition) is 4. The molecule has 0 aromatic heterocycles. The normalized spacial score (nSPS) is 25.2. The number of rotatable bonds is 8. The molecule has 186 valence electrons. The molecule has 7 heteroatoms. The van der Waals surface area contributed by atoms with Gasteiger partial charge in [-0.25, -0.2) is 8.42 Å². The smallest absolute Gasteiger partial charge is 0.261 e. The van der Waals surface area contributed by atoms with E-state index in [1.807, 2.05) is 25.1 Å². The molecule has 3 rings (SSSR count). The summed E-state index contributed by atoms with van der Waals surface area (Å²) in [7, 11) is 0.338. The second-order valence-corrected chi connectivity index (χ2v) is 11.9. The van der Waals surface area contributed by atoms with E-state index in [-0.39, 0.29) is 10.2 Å². The summed E-state index contributed by atoms with van der Waals surface area (Å²) in [5.74, 6) is 0. The molecule has 1 N–H and O–H groups in total. The minimum absolute atomic E-state index is 0.0589. The first-order valence-electron chi connectivity index (χ1n) is 12.5. The van der Waals surface area contributed by atoms with Crippen molar-refractivity contribution in [3.05, 3.63) is 64.9 Å². The Hall–Kier alpha value is -1.83. The van der Waals surface area contributed by atoms with Crippen LogP contribution in [0.25, 0.3) is 0 Å². The van der Waals surface area contributed by atoms with Crippen LogP contribution in [0.5, 0.6) is 0 Å². The van der Waals surface area contributed by atoms with Gasteiger partial charge >= 0.3 is 0 Å². The van der Waals surface area contributed by atoms with E-state index < -0.39 is 10.0 Å². The highest BCUT2D eigenvalue weighted by atomic mass is 32.2. The second-order valence-electron chi connectivity index (χ2n) is 10.2. The van der Waals surface area contributed by atoms with Crippen LogP contribution in [0.2, 0.25) is 0 Å². The van der Waals surface area contributed by atoms with Crippen molar-refractivity contribution in [2.45, 2.75) is 75.6 Å². The van der Waals surface area contributed by atoms with E-state index in [2.05, 4.69) is 37.9 Å². The average molecular weight is 485 g/mol. The highest BCUT2D eigenvalue weighted by Crippen LogP contribution is 2.37. The Bertz CT molecular complexity index is 1040. The molecule has 0 atom stereocenters. The molecule has 0 saturated heterocycles. The van der Waals surface area contributed by atoms with Crippen LogP contribution < -0.4 is 4.72 Å². The number of allylic oxidation sites excluding steroid dienone is 2. The van der Waals surface area contributed by atoms with Gasteiger partial charge in [0.1, 0.15) is 7.85 Å². The fourth-order valence-electron chi connectivity index (χ4n) is 5.01. The topological polar surface area (TPSA) is 58.6 Å². The first-order chi connectivity index (χ1) is 16.1. The molecule has 34 heavy (non-hydrogen) atoms. The van der Waals surface area contributed by atoms with E-state index in [0.717, 1.165) is 58.2 Å². The Morgan fingerprint density at radius 1 is 1.24 bits per heavy atom. The summed E-state index contributed by atoms with van der Waals surface area (Å²) in [6.45, 7) is 13.3. The monoisotopic (exact) mass is 484 g/mol. The maximum Gasteiger partial charge on any atom is 0.261 e. The van der Waals surface area contributed by atoms with Crippen molar-refractivity contribution >= 4 is 17.9 Å². The highest BCUT2D eigenvalue weighted by Gasteiger charge is 2.32. The first-order valence-corrected chi connectivity index (χ1v) is 14.0. The SMILES string of the molecule is BC1(c2ccc(S(=O)(=O)N/C(=C/C3=C(C)CCN(CC)CC3)C(=C)C)cc2)CCC(OC)CC1. The number of benzene rings is 1. The zero-order chi connectivity index (χ0) is 24.9. The van der Waals surface area contributed by atoms with Crippen LogP contribution >= 0.6 is 0 Å². The Morgan fingerprint density at radius 2 is 1.85 bits per heavy atom. The zero-order valence-corrected chi connectivity index (χ0v) is 22.4. The summed E-state index contributed by atoms with van der Waals surface area (Å²) in [6, 6.07) is 7.42. The van der Waals surface area contributed by atoms with Gasteiger partial charge in [-0.2, -0.15) is 0 Å². The van der Waals surface area contributed by atoms with E-state index in [9.17, 15) is 8.42 Å². The molecular weight excluding hydrogens is 443 g/mol. The molecule has 0 bridgehead atoms. The van der Waals surface area contributed by atoms with Gasteiger partial charge in [-0.15, -0.1) is 0 Å². The van der Waals surface area contributed by atoms with Crippen LogP contribution in [0.4, 0.5) is 0 Å². The summed E-state index contributed by atoms with van der Waals surface area (Å²) in [4.78, 5) is 2.71. The van der Waals surface area contributed by atoms with Crippen molar-refractivity contribution in [2.24, 2.45) is 0 Å². The van der Waals surface area contributed by atoms with Gasteiger partial charge in [0.15, 0.2) is 0 Å². The van der Waals surface area contributed by atoms with Crippen molar-refractivity contribution in [1.82, 2.24) is 9.62 Å². The van der Waals surface area contributed by atoms with Crippen LogP contribution in [0.1, 0.15) is 64.9 Å². The van der Waals surface area contributed by atoms with E-state index in [4.69, 9.17) is 4.74 Å². The molecule has 0 spiro atoms. The summed E-state index contributed by atoms with van der Waals surface area (Å²) in [5.41, 5.74) is 4.98.